The van der Waals surface area contributed by atoms with Gasteiger partial charge in [0.15, 0.2) is 0 Å². The van der Waals surface area contributed by atoms with Gasteiger partial charge in [0.05, 0.1) is 5.69 Å². The Labute approximate surface area is 114 Å². The molecular weight excluding hydrogens is 238 g/mol. The van der Waals surface area contributed by atoms with Gasteiger partial charge in [-0.1, -0.05) is 24.6 Å². The Kier molecular flexibility index (Phi) is 4.76. The first kappa shape index (κ1) is 13.8. The summed E-state index contributed by atoms with van der Waals surface area (Å²) in [6.45, 7) is 4.44. The predicted octanol–water partition coefficient (Wildman–Crippen LogP) is 1.90. The van der Waals surface area contributed by atoms with E-state index in [1.54, 1.807) is 0 Å². The first-order valence-corrected chi connectivity index (χ1v) is 6.86. The van der Waals surface area contributed by atoms with Gasteiger partial charge in [-0.2, -0.15) is 0 Å². The van der Waals surface area contributed by atoms with Gasteiger partial charge in [0.2, 0.25) is 5.96 Å². The highest BCUT2D eigenvalue weighted by Gasteiger charge is 2.25. The van der Waals surface area contributed by atoms with Crippen molar-refractivity contribution in [2.45, 2.75) is 45.2 Å². The number of benzene rings is 1. The van der Waals surface area contributed by atoms with Crippen LogP contribution in [-0.4, -0.2) is 23.1 Å². The highest BCUT2D eigenvalue weighted by Crippen LogP contribution is 2.20. The Morgan fingerprint density at radius 2 is 1.84 bits per heavy atom. The number of hydrogen-bond donors (Lipinski definition) is 3. The van der Waals surface area contributed by atoms with E-state index in [4.69, 9.17) is 5.84 Å². The maximum Gasteiger partial charge on any atom is 0.225 e. The number of nitrogens with two attached hydrogens (primary N) is 1. The second-order valence-electron chi connectivity index (χ2n) is 5.09. The van der Waals surface area contributed by atoms with Gasteiger partial charge in [0, 0.05) is 12.1 Å². The van der Waals surface area contributed by atoms with Crippen LogP contribution < -0.4 is 16.7 Å². The van der Waals surface area contributed by atoms with Crippen LogP contribution in [-0.2, 0) is 0 Å². The molecule has 2 atom stereocenters. The molecule has 2 unspecified atom stereocenters. The number of rotatable bonds is 2. The fraction of sp³-hybridized carbons (Fsp3) is 0.500. The summed E-state index contributed by atoms with van der Waals surface area (Å²) in [5.41, 5.74) is 6.81. The quantitative estimate of drug-likeness (QED) is 0.329. The molecule has 0 bridgehead atoms. The van der Waals surface area contributed by atoms with Gasteiger partial charge in [-0.3, -0.25) is 10.9 Å². The lowest BCUT2D eigenvalue weighted by molar-refractivity contribution is 0.0725. The molecule has 0 radical (unpaired) electrons. The average Bonchev–Trinajstić information content (AvgIpc) is 2.43. The van der Waals surface area contributed by atoms with E-state index in [0.29, 0.717) is 18.0 Å². The molecule has 1 aliphatic heterocycles. The van der Waals surface area contributed by atoms with Crippen molar-refractivity contribution < 1.29 is 0 Å². The van der Waals surface area contributed by atoms with Gasteiger partial charge in [-0.15, -0.1) is 0 Å². The highest BCUT2D eigenvalue weighted by molar-refractivity contribution is 5.81. The molecule has 1 aliphatic rings. The topological polar surface area (TPSA) is 65.7 Å². The Morgan fingerprint density at radius 1 is 1.21 bits per heavy atom. The molecule has 104 valence electrons. The van der Waals surface area contributed by atoms with Gasteiger partial charge >= 0.3 is 0 Å². The summed E-state index contributed by atoms with van der Waals surface area (Å²) in [6, 6.07) is 10.7. The number of guanidine groups is 1. The van der Waals surface area contributed by atoms with Crippen LogP contribution in [0.1, 0.15) is 33.1 Å². The number of piperidine rings is 1. The van der Waals surface area contributed by atoms with Gasteiger partial charge in [-0.05, 0) is 38.8 Å². The molecule has 0 aromatic heterocycles. The Bertz CT molecular complexity index is 407. The van der Waals surface area contributed by atoms with Crippen molar-refractivity contribution in [2.75, 3.05) is 0 Å². The van der Waals surface area contributed by atoms with E-state index >= 15 is 0 Å². The summed E-state index contributed by atoms with van der Waals surface area (Å²) >= 11 is 0. The molecule has 1 aromatic rings. The van der Waals surface area contributed by atoms with Crippen LogP contribution in [0, 0.1) is 0 Å². The van der Waals surface area contributed by atoms with Crippen LogP contribution in [0.25, 0.3) is 0 Å². The number of hydrazine groups is 2. The zero-order valence-corrected chi connectivity index (χ0v) is 11.6. The fourth-order valence-corrected chi connectivity index (χ4v) is 2.49. The number of hydrogen-bond acceptors (Lipinski definition) is 3. The zero-order chi connectivity index (χ0) is 13.7. The first-order valence-electron chi connectivity index (χ1n) is 6.86. The summed E-state index contributed by atoms with van der Waals surface area (Å²) in [4.78, 5) is 4.47. The number of nitrogens with zero attached hydrogens (tertiary/aromatic N) is 2. The monoisotopic (exact) mass is 261 g/mol. The maximum atomic E-state index is 5.56. The third kappa shape index (κ3) is 3.68. The molecule has 1 heterocycles. The number of para-hydroxylation sites is 1. The number of aliphatic imine (C=N–C) groups is 1. The Balaban J connectivity index is 2.08. The van der Waals surface area contributed by atoms with E-state index in [0.717, 1.165) is 5.69 Å². The largest absolute Gasteiger partial charge is 0.293 e. The molecule has 5 heteroatoms. The lowest BCUT2D eigenvalue weighted by Crippen LogP contribution is -2.58. The van der Waals surface area contributed by atoms with Crippen LogP contribution in [0.15, 0.2) is 35.3 Å². The molecule has 1 fully saturated rings. The van der Waals surface area contributed by atoms with Crippen molar-refractivity contribution in [3.63, 3.8) is 0 Å². The summed E-state index contributed by atoms with van der Waals surface area (Å²) in [5.74, 6) is 6.13. The molecule has 0 saturated carbocycles. The first-order chi connectivity index (χ1) is 9.20. The predicted molar refractivity (Wildman–Crippen MR) is 78.6 cm³/mol. The van der Waals surface area contributed by atoms with E-state index in [-0.39, 0.29) is 0 Å². The lowest BCUT2D eigenvalue weighted by Gasteiger charge is -2.39. The second kappa shape index (κ2) is 6.54. The van der Waals surface area contributed by atoms with Crippen LogP contribution in [0.5, 0.6) is 0 Å². The summed E-state index contributed by atoms with van der Waals surface area (Å²) in [6.07, 6.45) is 3.67. The average molecular weight is 261 g/mol. The minimum absolute atomic E-state index is 0.484. The van der Waals surface area contributed by atoms with Crippen molar-refractivity contribution in [3.8, 4) is 0 Å². The van der Waals surface area contributed by atoms with Crippen LogP contribution in [0.3, 0.4) is 0 Å². The molecule has 2 rings (SSSR count). The third-order valence-electron chi connectivity index (χ3n) is 3.56. The second-order valence-corrected chi connectivity index (χ2v) is 5.09. The van der Waals surface area contributed by atoms with Crippen molar-refractivity contribution in [3.05, 3.63) is 30.3 Å². The zero-order valence-electron chi connectivity index (χ0n) is 11.6. The molecule has 4 N–H and O–H groups in total. The lowest BCUT2D eigenvalue weighted by atomic mass is 10.00. The van der Waals surface area contributed by atoms with Gasteiger partial charge in [0.1, 0.15) is 0 Å². The highest BCUT2D eigenvalue weighted by atomic mass is 15.6. The van der Waals surface area contributed by atoms with Crippen LogP contribution in [0.2, 0.25) is 0 Å². The summed E-state index contributed by atoms with van der Waals surface area (Å²) < 4.78 is 0. The maximum absolute atomic E-state index is 5.56. The molecular formula is C14H23N5. The standard InChI is InChI=1S/C14H23N5/c1-11-7-6-8-12(2)19(11)18-14(17-15)16-13-9-4-3-5-10-13/h3-5,9-12H,6-8,15H2,1-2H3,(H2,16,17,18). The van der Waals surface area contributed by atoms with Gasteiger partial charge < -0.3 is 0 Å². The Morgan fingerprint density at radius 3 is 2.42 bits per heavy atom. The van der Waals surface area contributed by atoms with E-state index in [9.17, 15) is 0 Å². The van der Waals surface area contributed by atoms with E-state index in [2.05, 4.69) is 34.7 Å². The summed E-state index contributed by atoms with van der Waals surface area (Å²) in [5, 5.41) is 2.23. The smallest absolute Gasteiger partial charge is 0.225 e. The molecule has 1 aromatic carbocycles. The minimum Gasteiger partial charge on any atom is -0.293 e. The molecule has 19 heavy (non-hydrogen) atoms. The van der Waals surface area contributed by atoms with Crippen LogP contribution >= 0.6 is 0 Å². The SMILES string of the molecule is CC1CCCC(C)N1NC(=Nc1ccccc1)NN. The van der Waals surface area contributed by atoms with Crippen molar-refractivity contribution in [1.82, 2.24) is 15.9 Å². The summed E-state index contributed by atoms with van der Waals surface area (Å²) in [7, 11) is 0. The normalized spacial score (nSPS) is 25.1. The molecule has 1 saturated heterocycles. The molecule has 0 amide bonds. The van der Waals surface area contributed by atoms with Gasteiger partial charge in [-0.25, -0.2) is 15.8 Å². The fourth-order valence-electron chi connectivity index (χ4n) is 2.49. The van der Waals surface area contributed by atoms with Crippen molar-refractivity contribution >= 4 is 11.6 Å². The van der Waals surface area contributed by atoms with E-state index in [1.165, 1.54) is 19.3 Å². The van der Waals surface area contributed by atoms with Crippen molar-refractivity contribution in [1.29, 1.82) is 0 Å². The van der Waals surface area contributed by atoms with Gasteiger partial charge in [0.25, 0.3) is 0 Å². The molecule has 0 aliphatic carbocycles. The molecule has 5 nitrogen and oxygen atoms in total. The minimum atomic E-state index is 0.484. The van der Waals surface area contributed by atoms with E-state index in [1.807, 2.05) is 30.3 Å². The third-order valence-corrected chi connectivity index (χ3v) is 3.56. The molecule has 0 spiro atoms. The Hall–Kier alpha value is -1.59. The number of nitrogens with one attached hydrogen (secondary N) is 2. The van der Waals surface area contributed by atoms with E-state index < -0.39 is 0 Å². The van der Waals surface area contributed by atoms with Crippen LogP contribution in [0.4, 0.5) is 5.69 Å². The van der Waals surface area contributed by atoms with Crippen molar-refractivity contribution in [2.24, 2.45) is 10.8 Å².